The van der Waals surface area contributed by atoms with Crippen molar-refractivity contribution < 1.29 is 0 Å². The fourth-order valence-corrected chi connectivity index (χ4v) is 6.80. The van der Waals surface area contributed by atoms with Crippen molar-refractivity contribution in [2.75, 3.05) is 0 Å². The van der Waals surface area contributed by atoms with Crippen molar-refractivity contribution in [1.82, 2.24) is 13.4 Å². The summed E-state index contributed by atoms with van der Waals surface area (Å²) in [4.78, 5) is 0. The Morgan fingerprint density at radius 1 is 0.390 bits per heavy atom. The molecule has 41 heavy (non-hydrogen) atoms. The van der Waals surface area contributed by atoms with E-state index in [9.17, 15) is 5.26 Å². The van der Waals surface area contributed by atoms with Gasteiger partial charge in [0.15, 0.2) is 0 Å². The molecule has 3 heterocycles. The van der Waals surface area contributed by atoms with Crippen molar-refractivity contribution in [3.8, 4) is 11.8 Å². The summed E-state index contributed by atoms with van der Waals surface area (Å²) in [5, 5.41) is 14.4. The van der Waals surface area contributed by atoms with Crippen LogP contribution in [0, 0.1) is 11.3 Å². The molecule has 0 unspecified atom stereocenters. The number of para-hydroxylation sites is 6. The topological polar surface area (TPSA) is 37.5 Å². The van der Waals surface area contributed by atoms with E-state index in [0.717, 1.165) is 33.3 Å². The van der Waals surface area contributed by atoms with Crippen LogP contribution in [0.3, 0.4) is 0 Å². The molecule has 0 aliphatic carbocycles. The summed E-state index contributed by atoms with van der Waals surface area (Å²) in [5.41, 5.74) is 10.7. The lowest BCUT2D eigenvalue weighted by Crippen LogP contribution is -1.99. The first-order valence-corrected chi connectivity index (χ1v) is 13.8. The van der Waals surface area contributed by atoms with Gasteiger partial charge >= 0.3 is 0 Å². The third-order valence-corrected chi connectivity index (χ3v) is 8.45. The summed E-state index contributed by atoms with van der Waals surface area (Å²) >= 11 is 0. The highest BCUT2D eigenvalue weighted by Gasteiger charge is 2.19. The molecule has 0 saturated carbocycles. The van der Waals surface area contributed by atoms with Crippen molar-refractivity contribution in [2.24, 2.45) is 0 Å². The van der Waals surface area contributed by atoms with Crippen LogP contribution in [0.5, 0.6) is 0 Å². The molecule has 9 rings (SSSR count). The minimum absolute atomic E-state index is 0.643. The van der Waals surface area contributed by atoms with Crippen LogP contribution in [0.1, 0.15) is 5.56 Å². The molecule has 0 spiro atoms. The predicted molar refractivity (Wildman–Crippen MR) is 169 cm³/mol. The van der Waals surface area contributed by atoms with E-state index in [1.807, 2.05) is 12.1 Å². The average Bonchev–Trinajstić information content (AvgIpc) is 3.56. The largest absolute Gasteiger partial charge is 0.306 e. The molecule has 9 aromatic rings. The molecular weight excluding hydrogens is 500 g/mol. The van der Waals surface area contributed by atoms with E-state index in [1.165, 1.54) is 38.1 Å². The van der Waals surface area contributed by atoms with Crippen molar-refractivity contribution in [1.29, 1.82) is 5.26 Å². The van der Waals surface area contributed by atoms with Crippen molar-refractivity contribution in [3.63, 3.8) is 0 Å². The van der Waals surface area contributed by atoms with Gasteiger partial charge in [0.05, 0.1) is 55.8 Å². The highest BCUT2D eigenvalue weighted by atomic mass is 15.0. The first-order valence-electron chi connectivity index (χ1n) is 13.8. The molecule has 4 nitrogen and oxygen atoms in total. The number of nitriles is 1. The Bertz CT molecular complexity index is 2590. The van der Waals surface area contributed by atoms with E-state index in [4.69, 9.17) is 0 Å². The summed E-state index contributed by atoms with van der Waals surface area (Å²) in [7, 11) is 0. The van der Waals surface area contributed by atoms with Gasteiger partial charge in [-0.1, -0.05) is 72.8 Å². The molecule has 3 aromatic heterocycles. The Labute approximate surface area is 234 Å². The van der Waals surface area contributed by atoms with E-state index < -0.39 is 0 Å². The summed E-state index contributed by atoms with van der Waals surface area (Å²) < 4.78 is 7.22. The second kappa shape index (κ2) is 8.11. The van der Waals surface area contributed by atoms with Crippen LogP contribution in [0.25, 0.3) is 71.4 Å². The fourth-order valence-electron chi connectivity index (χ4n) is 6.80. The van der Waals surface area contributed by atoms with Crippen molar-refractivity contribution in [2.45, 2.75) is 0 Å². The Morgan fingerprint density at radius 2 is 0.854 bits per heavy atom. The number of benzene rings is 6. The minimum atomic E-state index is 0.643. The van der Waals surface area contributed by atoms with Crippen LogP contribution in [-0.2, 0) is 0 Å². The zero-order chi connectivity index (χ0) is 27.1. The van der Waals surface area contributed by atoms with Gasteiger partial charge in [0, 0.05) is 27.2 Å². The van der Waals surface area contributed by atoms with Crippen molar-refractivity contribution in [3.05, 3.63) is 139 Å². The zero-order valence-corrected chi connectivity index (χ0v) is 22.0. The summed E-state index contributed by atoms with van der Waals surface area (Å²) in [5.74, 6) is 0. The second-order valence-corrected chi connectivity index (χ2v) is 10.5. The summed E-state index contributed by atoms with van der Waals surface area (Å²) in [6.45, 7) is 0. The number of aromatic nitrogens is 3. The monoisotopic (exact) mass is 522 g/mol. The van der Waals surface area contributed by atoms with Crippen LogP contribution >= 0.6 is 0 Å². The van der Waals surface area contributed by atoms with E-state index in [2.05, 4.69) is 141 Å². The van der Waals surface area contributed by atoms with Crippen LogP contribution in [-0.4, -0.2) is 13.4 Å². The molecule has 0 aliphatic rings. The van der Waals surface area contributed by atoms with Gasteiger partial charge in [0.2, 0.25) is 0 Å². The number of hydrogen-bond acceptors (Lipinski definition) is 1. The smallest absolute Gasteiger partial charge is 0.0991 e. The SMILES string of the molecule is N#Cc1ccc(-n2c3ccccc3n3c4ccccc4c4cccc(c43)n3c4ccccc4c4cccc2c43)cc1. The highest BCUT2D eigenvalue weighted by molar-refractivity contribution is 6.19. The number of nitrogens with zero attached hydrogens (tertiary/aromatic N) is 4. The lowest BCUT2D eigenvalue weighted by atomic mass is 10.1. The fraction of sp³-hybridized carbons (Fsp3) is 0. The molecular formula is C37H22N4. The van der Waals surface area contributed by atoms with Crippen LogP contribution in [0.15, 0.2) is 133 Å². The third-order valence-electron chi connectivity index (χ3n) is 8.45. The Balaban J connectivity index is 1.74. The Kier molecular flexibility index (Phi) is 4.37. The standard InChI is InChI=1S/C37H22N4/c38-23-24-19-21-25(22-20-24)39-32-15-5-6-16-33(32)40-30-13-3-1-9-26(30)29-12-8-18-35(37(29)40)41-31-14-4-2-10-27(31)28-11-7-17-34(39)36(28)41/h1-22H. The second-order valence-electron chi connectivity index (χ2n) is 10.5. The van der Waals surface area contributed by atoms with E-state index in [1.54, 1.807) is 0 Å². The number of rotatable bonds is 1. The molecule has 0 atom stereocenters. The highest BCUT2D eigenvalue weighted by Crippen LogP contribution is 2.39. The van der Waals surface area contributed by atoms with Crippen LogP contribution in [0.4, 0.5) is 0 Å². The normalized spacial score (nSPS) is 11.9. The lowest BCUT2D eigenvalue weighted by molar-refractivity contribution is 1.15. The van der Waals surface area contributed by atoms with Gasteiger partial charge < -0.3 is 13.4 Å². The quantitative estimate of drug-likeness (QED) is 0.212. The average molecular weight is 523 g/mol. The van der Waals surface area contributed by atoms with Crippen LogP contribution in [0.2, 0.25) is 0 Å². The maximum absolute atomic E-state index is 9.54. The van der Waals surface area contributed by atoms with Crippen molar-refractivity contribution >= 4 is 65.7 Å². The molecule has 0 N–H and O–H groups in total. The maximum Gasteiger partial charge on any atom is 0.0991 e. The maximum atomic E-state index is 9.54. The van der Waals surface area contributed by atoms with E-state index >= 15 is 0 Å². The molecule has 0 bridgehead atoms. The first kappa shape index (κ1) is 22.1. The number of fused-ring (bicyclic) bond motifs is 9. The molecule has 0 amide bonds. The van der Waals surface area contributed by atoms with Gasteiger partial charge in [-0.15, -0.1) is 0 Å². The molecule has 4 heteroatoms. The Hall–Kier alpha value is -5.79. The zero-order valence-electron chi connectivity index (χ0n) is 22.0. The van der Waals surface area contributed by atoms with Gasteiger partial charge in [0.1, 0.15) is 0 Å². The van der Waals surface area contributed by atoms with E-state index in [0.29, 0.717) is 5.56 Å². The first-order chi connectivity index (χ1) is 20.3. The van der Waals surface area contributed by atoms with Gasteiger partial charge in [-0.05, 0) is 60.7 Å². The van der Waals surface area contributed by atoms with Gasteiger partial charge in [-0.3, -0.25) is 0 Å². The van der Waals surface area contributed by atoms with Gasteiger partial charge in [-0.25, -0.2) is 0 Å². The molecule has 0 aliphatic heterocycles. The molecule has 0 saturated heterocycles. The Morgan fingerprint density at radius 3 is 1.49 bits per heavy atom. The van der Waals surface area contributed by atoms with Crippen LogP contribution < -0.4 is 0 Å². The number of hydrogen-bond donors (Lipinski definition) is 0. The van der Waals surface area contributed by atoms with E-state index in [-0.39, 0.29) is 0 Å². The summed E-state index contributed by atoms with van der Waals surface area (Å²) in [6, 6.07) is 49.5. The molecule has 0 fully saturated rings. The molecule has 0 radical (unpaired) electrons. The van der Waals surface area contributed by atoms with Gasteiger partial charge in [0.25, 0.3) is 0 Å². The lowest BCUT2D eigenvalue weighted by Gasteiger charge is -2.13. The van der Waals surface area contributed by atoms with Gasteiger partial charge in [-0.2, -0.15) is 5.26 Å². The third kappa shape index (κ3) is 2.87. The molecule has 6 aromatic carbocycles. The summed E-state index contributed by atoms with van der Waals surface area (Å²) in [6.07, 6.45) is 0. The minimum Gasteiger partial charge on any atom is -0.306 e. The molecule has 190 valence electrons. The predicted octanol–water partition coefficient (Wildman–Crippen LogP) is 9.18.